The van der Waals surface area contributed by atoms with E-state index in [9.17, 15) is 19.1 Å². The van der Waals surface area contributed by atoms with Gasteiger partial charge < -0.3 is 21.5 Å². The van der Waals surface area contributed by atoms with Gasteiger partial charge in [-0.15, -0.1) is 0 Å². The van der Waals surface area contributed by atoms with E-state index in [4.69, 9.17) is 16.5 Å². The first kappa shape index (κ1) is 28.8. The third-order valence-corrected chi connectivity index (χ3v) is 8.22. The highest BCUT2D eigenvalue weighted by Crippen LogP contribution is 2.39. The van der Waals surface area contributed by atoms with E-state index in [0.29, 0.717) is 41.1 Å². The highest BCUT2D eigenvalue weighted by Gasteiger charge is 2.27. The van der Waals surface area contributed by atoms with Gasteiger partial charge in [0, 0.05) is 47.9 Å². The number of nitrogens with zero attached hydrogens (tertiary/aromatic N) is 4. The van der Waals surface area contributed by atoms with Gasteiger partial charge in [-0.05, 0) is 47.7 Å². The second-order valence-electron chi connectivity index (χ2n) is 11.4. The van der Waals surface area contributed by atoms with Crippen LogP contribution in [0, 0.1) is 11.7 Å². The first-order chi connectivity index (χ1) is 21.1. The van der Waals surface area contributed by atoms with Crippen LogP contribution in [0.2, 0.25) is 0 Å². The Bertz CT molecular complexity index is 1880. The minimum Gasteiger partial charge on any atom is -0.506 e. The van der Waals surface area contributed by atoms with Crippen LogP contribution in [-0.2, 0) is 4.79 Å². The van der Waals surface area contributed by atoms with Gasteiger partial charge in [-0.3, -0.25) is 19.7 Å². The molecular formula is C33H32FN7O3. The Balaban J connectivity index is 1.34. The first-order valence-corrected chi connectivity index (χ1v) is 14.4. The van der Waals surface area contributed by atoms with E-state index < -0.39 is 11.7 Å². The summed E-state index contributed by atoms with van der Waals surface area (Å²) in [5, 5.41) is 18.9. The van der Waals surface area contributed by atoms with Crippen LogP contribution in [0.25, 0.3) is 44.5 Å². The van der Waals surface area contributed by atoms with Crippen molar-refractivity contribution in [2.45, 2.75) is 32.6 Å². The third-order valence-electron chi connectivity index (χ3n) is 8.22. The normalized spacial score (nSPS) is 14.0. The highest BCUT2D eigenvalue weighted by molar-refractivity contribution is 6.04. The fourth-order valence-electron chi connectivity index (χ4n) is 5.87. The number of hydrogen-bond acceptors (Lipinski definition) is 7. The number of nitrogen functional groups attached to an aromatic ring is 1. The summed E-state index contributed by atoms with van der Waals surface area (Å²) in [6, 6.07) is 14.9. The molecule has 6 N–H and O–H groups in total. The van der Waals surface area contributed by atoms with E-state index in [1.165, 1.54) is 30.5 Å². The number of rotatable bonds is 6. The van der Waals surface area contributed by atoms with Crippen molar-refractivity contribution in [3.05, 3.63) is 77.9 Å². The smallest absolute Gasteiger partial charge is 0.254 e. The van der Waals surface area contributed by atoms with Gasteiger partial charge in [0.05, 0.1) is 11.1 Å². The standard InChI is InChI=1S/C33H32FN7O3/c1-17(2)33(44)41-13-11-20(12-14-41)25-15-23(26-30(35)39-40-32(26)38-25)18-3-5-21(6-4-18)28-27(31(36)43)29(42)24(16-37-28)19-7-9-22(34)10-8-19/h3-10,15-17,20H,11-14H2,1-2H3,(H2,36,43)(H,37,42)(H3,35,38,39,40). The maximum Gasteiger partial charge on any atom is 0.254 e. The number of pyridine rings is 2. The molecule has 1 saturated heterocycles. The van der Waals surface area contributed by atoms with Crippen molar-refractivity contribution >= 4 is 28.7 Å². The molecular weight excluding hydrogens is 561 g/mol. The molecule has 0 spiro atoms. The van der Waals surface area contributed by atoms with Crippen LogP contribution in [0.4, 0.5) is 10.2 Å². The van der Waals surface area contributed by atoms with Crippen LogP contribution in [0.3, 0.4) is 0 Å². The van der Waals surface area contributed by atoms with E-state index in [1.54, 1.807) is 12.1 Å². The molecule has 10 nitrogen and oxygen atoms in total. The van der Waals surface area contributed by atoms with Gasteiger partial charge in [0.25, 0.3) is 5.91 Å². The maximum absolute atomic E-state index is 13.4. The summed E-state index contributed by atoms with van der Waals surface area (Å²) < 4.78 is 13.4. The molecule has 0 aliphatic carbocycles. The fourth-order valence-corrected chi connectivity index (χ4v) is 5.87. The summed E-state index contributed by atoms with van der Waals surface area (Å²) in [6.45, 7) is 5.19. The maximum atomic E-state index is 13.4. The lowest BCUT2D eigenvalue weighted by Gasteiger charge is -2.33. The number of H-pyrrole nitrogens is 1. The number of likely N-dealkylation sites (tertiary alicyclic amines) is 1. The van der Waals surface area contributed by atoms with E-state index in [2.05, 4.69) is 15.2 Å². The Kier molecular flexibility index (Phi) is 7.46. The number of nitrogens with two attached hydrogens (primary N) is 2. The molecule has 44 heavy (non-hydrogen) atoms. The molecule has 0 saturated carbocycles. The molecule has 4 heterocycles. The van der Waals surface area contributed by atoms with Crippen molar-refractivity contribution in [3.63, 3.8) is 0 Å². The number of carbonyl (C=O) groups excluding carboxylic acids is 2. The number of primary amides is 1. The summed E-state index contributed by atoms with van der Waals surface area (Å²) in [5.74, 6) is -0.961. The summed E-state index contributed by atoms with van der Waals surface area (Å²) in [7, 11) is 0. The summed E-state index contributed by atoms with van der Waals surface area (Å²) in [4.78, 5) is 36.2. The molecule has 0 bridgehead atoms. The third kappa shape index (κ3) is 5.21. The van der Waals surface area contributed by atoms with E-state index in [0.717, 1.165) is 29.7 Å². The van der Waals surface area contributed by atoms with Gasteiger partial charge in [0.15, 0.2) is 11.5 Å². The predicted octanol–water partition coefficient (Wildman–Crippen LogP) is 5.24. The lowest BCUT2D eigenvalue weighted by Crippen LogP contribution is -2.40. The van der Waals surface area contributed by atoms with Crippen LogP contribution in [-0.4, -0.2) is 55.1 Å². The Morgan fingerprint density at radius 2 is 1.61 bits per heavy atom. The van der Waals surface area contributed by atoms with Crippen LogP contribution < -0.4 is 11.5 Å². The molecule has 0 unspecified atom stereocenters. The molecule has 1 aliphatic heterocycles. The Morgan fingerprint density at radius 3 is 2.25 bits per heavy atom. The van der Waals surface area contributed by atoms with Crippen LogP contribution in [0.1, 0.15) is 48.7 Å². The number of aromatic nitrogens is 4. The van der Waals surface area contributed by atoms with E-state index in [-0.39, 0.29) is 40.3 Å². The monoisotopic (exact) mass is 593 g/mol. The van der Waals surface area contributed by atoms with Crippen molar-refractivity contribution in [1.29, 1.82) is 0 Å². The number of benzene rings is 2. The average molecular weight is 594 g/mol. The molecule has 5 aromatic rings. The molecule has 0 radical (unpaired) electrons. The summed E-state index contributed by atoms with van der Waals surface area (Å²) in [6.07, 6.45) is 3.04. The van der Waals surface area contributed by atoms with Crippen LogP contribution >= 0.6 is 0 Å². The zero-order valence-electron chi connectivity index (χ0n) is 24.3. The van der Waals surface area contributed by atoms with Crippen molar-refractivity contribution in [3.8, 4) is 39.3 Å². The molecule has 224 valence electrons. The molecule has 11 heteroatoms. The number of aromatic amines is 1. The first-order valence-electron chi connectivity index (χ1n) is 14.4. The lowest BCUT2D eigenvalue weighted by atomic mass is 9.90. The average Bonchev–Trinajstić information content (AvgIpc) is 3.41. The number of amides is 2. The van der Waals surface area contributed by atoms with Crippen molar-refractivity contribution in [2.75, 3.05) is 18.8 Å². The molecule has 2 amide bonds. The largest absolute Gasteiger partial charge is 0.506 e. The number of aromatic hydroxyl groups is 1. The highest BCUT2D eigenvalue weighted by atomic mass is 19.1. The number of nitrogens with one attached hydrogen (secondary N) is 1. The second-order valence-corrected chi connectivity index (χ2v) is 11.4. The fraction of sp³-hybridized carbons (Fsp3) is 0.242. The van der Waals surface area contributed by atoms with Gasteiger partial charge >= 0.3 is 0 Å². The SMILES string of the molecule is CC(C)C(=O)N1CCC(c2cc(-c3ccc(-c4ncc(-c5ccc(F)cc5)c(O)c4C(N)=O)cc3)c3c(N)n[nH]c3n2)CC1. The molecule has 1 aliphatic rings. The molecule has 1 fully saturated rings. The molecule has 3 aromatic heterocycles. The number of halogens is 1. The number of anilines is 1. The quantitative estimate of drug-likeness (QED) is 0.209. The molecule has 2 aromatic carbocycles. The van der Waals surface area contributed by atoms with Gasteiger partial charge in [-0.25, -0.2) is 9.37 Å². The Labute approximate surface area is 252 Å². The van der Waals surface area contributed by atoms with Crippen LogP contribution in [0.15, 0.2) is 60.8 Å². The summed E-state index contributed by atoms with van der Waals surface area (Å²) >= 11 is 0. The Hall–Kier alpha value is -5.32. The van der Waals surface area contributed by atoms with Gasteiger partial charge in [0.2, 0.25) is 5.91 Å². The zero-order valence-corrected chi connectivity index (χ0v) is 24.3. The topological polar surface area (TPSA) is 164 Å². The van der Waals surface area contributed by atoms with Gasteiger partial charge in [-0.1, -0.05) is 50.2 Å². The van der Waals surface area contributed by atoms with Crippen LogP contribution in [0.5, 0.6) is 5.75 Å². The number of fused-ring (bicyclic) bond motifs is 1. The number of carbonyl (C=O) groups is 2. The lowest BCUT2D eigenvalue weighted by molar-refractivity contribution is -0.135. The Morgan fingerprint density at radius 1 is 1.00 bits per heavy atom. The summed E-state index contributed by atoms with van der Waals surface area (Å²) in [5.41, 5.74) is 16.5. The van der Waals surface area contributed by atoms with E-state index in [1.807, 2.05) is 36.9 Å². The van der Waals surface area contributed by atoms with Gasteiger partial charge in [0.1, 0.15) is 17.1 Å². The number of hydrogen-bond donors (Lipinski definition) is 4. The molecule has 6 rings (SSSR count). The number of piperidine rings is 1. The predicted molar refractivity (Wildman–Crippen MR) is 166 cm³/mol. The second kappa shape index (κ2) is 11.4. The van der Waals surface area contributed by atoms with Crippen molar-refractivity contribution < 1.29 is 19.1 Å². The van der Waals surface area contributed by atoms with Gasteiger partial charge in [-0.2, -0.15) is 5.10 Å². The minimum absolute atomic E-state index is 0.0328. The van der Waals surface area contributed by atoms with E-state index >= 15 is 0 Å². The zero-order chi connectivity index (χ0) is 31.1. The van der Waals surface area contributed by atoms with Crippen molar-refractivity contribution in [1.82, 2.24) is 25.1 Å². The minimum atomic E-state index is -0.842. The molecule has 0 atom stereocenters. The van der Waals surface area contributed by atoms with Crippen molar-refractivity contribution in [2.24, 2.45) is 11.7 Å².